The molecule has 10 nitrogen and oxygen atoms in total. The first-order chi connectivity index (χ1) is 14.4. The first-order valence-corrected chi connectivity index (χ1v) is 10.8. The molecule has 4 heterocycles. The van der Waals surface area contributed by atoms with Crippen molar-refractivity contribution in [2.75, 3.05) is 45.2 Å². The van der Waals surface area contributed by atoms with Crippen LogP contribution in [0.2, 0.25) is 0 Å². The molecular weight excluding hydrogens is 408 g/mol. The molecule has 3 aromatic heterocycles. The Hall–Kier alpha value is -3.18. The highest BCUT2D eigenvalue weighted by molar-refractivity contribution is 7.89. The van der Waals surface area contributed by atoms with Gasteiger partial charge in [0.2, 0.25) is 5.09 Å². The number of sulfonamides is 1. The minimum Gasteiger partial charge on any atom is -0.442 e. The number of carbonyl (C=O) groups excluding carboxylic acids is 1. The van der Waals surface area contributed by atoms with E-state index in [1.165, 1.54) is 27.5 Å². The van der Waals surface area contributed by atoms with Gasteiger partial charge in [-0.25, -0.2) is 13.4 Å². The number of rotatable bonds is 5. The number of amides is 1. The van der Waals surface area contributed by atoms with E-state index in [4.69, 9.17) is 4.42 Å². The number of hydrogen-bond acceptors (Lipinski definition) is 7. The first kappa shape index (κ1) is 20.1. The Morgan fingerprint density at radius 2 is 1.90 bits per heavy atom. The third-order valence-corrected chi connectivity index (χ3v) is 6.68. The Morgan fingerprint density at radius 1 is 1.13 bits per heavy atom. The van der Waals surface area contributed by atoms with Gasteiger partial charge in [0.05, 0.1) is 11.8 Å². The topological polar surface area (TPSA) is 116 Å². The van der Waals surface area contributed by atoms with E-state index in [0.29, 0.717) is 37.4 Å². The molecule has 0 atom stereocenters. The van der Waals surface area contributed by atoms with Crippen molar-refractivity contribution in [3.05, 3.63) is 48.3 Å². The zero-order chi connectivity index (χ0) is 21.3. The van der Waals surface area contributed by atoms with E-state index in [1.54, 1.807) is 20.3 Å². The van der Waals surface area contributed by atoms with Crippen LogP contribution in [0, 0.1) is 0 Å². The second kappa shape index (κ2) is 7.92. The normalized spacial score (nSPS) is 15.3. The highest BCUT2D eigenvalue weighted by atomic mass is 32.2. The van der Waals surface area contributed by atoms with Crippen molar-refractivity contribution >= 4 is 21.7 Å². The molecule has 3 aromatic rings. The number of nitrogens with zero attached hydrogens (tertiary/aromatic N) is 5. The van der Waals surface area contributed by atoms with Crippen LogP contribution in [0.3, 0.4) is 0 Å². The lowest BCUT2D eigenvalue weighted by molar-refractivity contribution is 0.0828. The molecular formula is C19H22N6O4S. The molecule has 1 aliphatic heterocycles. The van der Waals surface area contributed by atoms with Gasteiger partial charge in [-0.1, -0.05) is 6.07 Å². The van der Waals surface area contributed by atoms with E-state index >= 15 is 0 Å². The van der Waals surface area contributed by atoms with E-state index < -0.39 is 10.0 Å². The van der Waals surface area contributed by atoms with E-state index in [0.717, 1.165) is 5.82 Å². The van der Waals surface area contributed by atoms with Gasteiger partial charge in [0, 0.05) is 46.5 Å². The van der Waals surface area contributed by atoms with Crippen LogP contribution in [0.4, 0.5) is 5.82 Å². The number of aromatic amines is 1. The standard InChI is InChI=1S/C19H22N6O4S/c1-23(2)19(26)14-13-21-22-18(14)15-6-7-17(29-15)30(27,28)25-11-9-24(10-12-25)16-5-3-4-8-20-16/h3-8,13H,9-12H2,1-2H3,(H,21,22). The highest BCUT2D eigenvalue weighted by Gasteiger charge is 2.32. The Balaban J connectivity index is 1.51. The zero-order valence-electron chi connectivity index (χ0n) is 16.6. The summed E-state index contributed by atoms with van der Waals surface area (Å²) >= 11 is 0. The quantitative estimate of drug-likeness (QED) is 0.648. The molecule has 0 unspecified atom stereocenters. The van der Waals surface area contributed by atoms with Crippen LogP contribution in [-0.4, -0.2) is 79.0 Å². The predicted octanol–water partition coefficient (Wildman–Crippen LogP) is 1.28. The summed E-state index contributed by atoms with van der Waals surface area (Å²) in [7, 11) is -0.544. The predicted molar refractivity (Wildman–Crippen MR) is 110 cm³/mol. The summed E-state index contributed by atoms with van der Waals surface area (Å²) in [5.41, 5.74) is 0.650. The van der Waals surface area contributed by atoms with Crippen molar-refractivity contribution in [1.82, 2.24) is 24.4 Å². The number of nitrogens with one attached hydrogen (secondary N) is 1. The van der Waals surface area contributed by atoms with Crippen LogP contribution in [0.5, 0.6) is 0 Å². The van der Waals surface area contributed by atoms with Gasteiger partial charge < -0.3 is 14.2 Å². The van der Waals surface area contributed by atoms with Gasteiger partial charge in [-0.05, 0) is 24.3 Å². The molecule has 1 saturated heterocycles. The van der Waals surface area contributed by atoms with Gasteiger partial charge in [-0.3, -0.25) is 9.89 Å². The van der Waals surface area contributed by atoms with Crippen LogP contribution in [0.25, 0.3) is 11.5 Å². The molecule has 11 heteroatoms. The maximum Gasteiger partial charge on any atom is 0.276 e. The number of H-pyrrole nitrogens is 1. The summed E-state index contributed by atoms with van der Waals surface area (Å²) in [6.07, 6.45) is 3.11. The smallest absolute Gasteiger partial charge is 0.276 e. The Bertz CT molecular complexity index is 1130. The first-order valence-electron chi connectivity index (χ1n) is 9.39. The number of piperazine rings is 1. The van der Waals surface area contributed by atoms with Crippen molar-refractivity contribution in [2.24, 2.45) is 0 Å². The number of aromatic nitrogens is 3. The third kappa shape index (κ3) is 3.68. The summed E-state index contributed by atoms with van der Waals surface area (Å²) in [5, 5.41) is 6.44. The number of anilines is 1. The molecule has 1 aliphatic rings. The van der Waals surface area contributed by atoms with Crippen molar-refractivity contribution in [3.63, 3.8) is 0 Å². The molecule has 0 radical (unpaired) electrons. The van der Waals surface area contributed by atoms with Crippen LogP contribution in [0.15, 0.2) is 52.2 Å². The second-order valence-corrected chi connectivity index (χ2v) is 8.92. The summed E-state index contributed by atoms with van der Waals surface area (Å²) in [5.74, 6) is 0.806. The molecule has 1 N–H and O–H groups in total. The van der Waals surface area contributed by atoms with Crippen LogP contribution in [-0.2, 0) is 10.0 Å². The molecule has 30 heavy (non-hydrogen) atoms. The molecule has 0 spiro atoms. The monoisotopic (exact) mass is 430 g/mol. The average Bonchev–Trinajstić information content (AvgIpc) is 3.43. The van der Waals surface area contributed by atoms with Gasteiger partial charge in [-0.15, -0.1) is 0 Å². The second-order valence-electron chi connectivity index (χ2n) is 7.06. The summed E-state index contributed by atoms with van der Waals surface area (Å²) in [6.45, 7) is 1.71. The van der Waals surface area contributed by atoms with E-state index in [1.807, 2.05) is 23.1 Å². The fourth-order valence-electron chi connectivity index (χ4n) is 3.30. The fourth-order valence-corrected chi connectivity index (χ4v) is 4.63. The number of carbonyl (C=O) groups is 1. The number of hydrogen-bond donors (Lipinski definition) is 1. The SMILES string of the molecule is CN(C)C(=O)c1cn[nH]c1-c1ccc(S(=O)(=O)N2CCN(c3ccccn3)CC2)o1. The van der Waals surface area contributed by atoms with Gasteiger partial charge in [-0.2, -0.15) is 9.40 Å². The molecule has 0 saturated carbocycles. The average molecular weight is 430 g/mol. The lowest BCUT2D eigenvalue weighted by Crippen LogP contribution is -2.48. The molecule has 0 aromatic carbocycles. The van der Waals surface area contributed by atoms with E-state index in [2.05, 4.69) is 15.2 Å². The zero-order valence-corrected chi connectivity index (χ0v) is 17.5. The van der Waals surface area contributed by atoms with Gasteiger partial charge in [0.1, 0.15) is 11.5 Å². The van der Waals surface area contributed by atoms with Crippen molar-refractivity contribution < 1.29 is 17.6 Å². The van der Waals surface area contributed by atoms with Crippen LogP contribution < -0.4 is 4.90 Å². The molecule has 1 amide bonds. The summed E-state index contributed by atoms with van der Waals surface area (Å²) in [6, 6.07) is 8.58. The van der Waals surface area contributed by atoms with E-state index in [-0.39, 0.29) is 16.8 Å². The molecule has 158 valence electrons. The minimum absolute atomic E-state index is 0.165. The van der Waals surface area contributed by atoms with Crippen LogP contribution in [0.1, 0.15) is 10.4 Å². The maximum absolute atomic E-state index is 13.0. The third-order valence-electron chi connectivity index (χ3n) is 4.91. The van der Waals surface area contributed by atoms with E-state index in [9.17, 15) is 13.2 Å². The number of furan rings is 1. The summed E-state index contributed by atoms with van der Waals surface area (Å²) < 4.78 is 33.1. The van der Waals surface area contributed by atoms with Crippen molar-refractivity contribution in [2.45, 2.75) is 5.09 Å². The molecule has 1 fully saturated rings. The van der Waals surface area contributed by atoms with Gasteiger partial charge in [0.25, 0.3) is 15.9 Å². The Labute approximate surface area is 174 Å². The fraction of sp³-hybridized carbons (Fsp3) is 0.316. The Morgan fingerprint density at radius 3 is 2.57 bits per heavy atom. The minimum atomic E-state index is -3.80. The molecule has 4 rings (SSSR count). The maximum atomic E-state index is 13.0. The van der Waals surface area contributed by atoms with Crippen molar-refractivity contribution in [1.29, 1.82) is 0 Å². The lowest BCUT2D eigenvalue weighted by atomic mass is 10.2. The lowest BCUT2D eigenvalue weighted by Gasteiger charge is -2.34. The molecule has 0 aliphatic carbocycles. The van der Waals surface area contributed by atoms with Crippen molar-refractivity contribution in [3.8, 4) is 11.5 Å². The van der Waals surface area contributed by atoms with Gasteiger partial charge in [0.15, 0.2) is 5.76 Å². The largest absolute Gasteiger partial charge is 0.442 e. The molecule has 0 bridgehead atoms. The van der Waals surface area contributed by atoms with Gasteiger partial charge >= 0.3 is 0 Å². The summed E-state index contributed by atoms with van der Waals surface area (Å²) in [4.78, 5) is 20.1. The highest BCUT2D eigenvalue weighted by Crippen LogP contribution is 2.28. The number of pyridine rings is 1. The Kier molecular flexibility index (Phi) is 5.31. The van der Waals surface area contributed by atoms with Crippen LogP contribution >= 0.6 is 0 Å².